The standard InChI is InChI=1S/C27H38O2/c1-5-6-7-8-15-27(4,29)24-12-11-22-21-10-9-19-18-20(28)13-16-25(19,2)23(21)14-17-26(22,24)3/h1,9,20-24,28-29H,6-7,10-14,16-18H2,2-4H3. The van der Waals surface area contributed by atoms with E-state index in [0.29, 0.717) is 24.7 Å². The monoisotopic (exact) mass is 394 g/mol. The normalized spacial score (nSPS) is 45.4. The molecule has 0 spiro atoms. The summed E-state index contributed by atoms with van der Waals surface area (Å²) in [6, 6.07) is 0. The zero-order chi connectivity index (χ0) is 20.9. The van der Waals surface area contributed by atoms with Crippen LogP contribution in [0.2, 0.25) is 0 Å². The van der Waals surface area contributed by atoms with E-state index in [9.17, 15) is 10.2 Å². The summed E-state index contributed by atoms with van der Waals surface area (Å²) >= 11 is 0. The van der Waals surface area contributed by atoms with E-state index in [4.69, 9.17) is 6.42 Å². The fraction of sp³-hybridized carbons (Fsp3) is 0.778. The number of fused-ring (bicyclic) bond motifs is 5. The molecule has 158 valence electrons. The van der Waals surface area contributed by atoms with E-state index >= 15 is 0 Å². The highest BCUT2D eigenvalue weighted by molar-refractivity contribution is 5.27. The van der Waals surface area contributed by atoms with Crippen molar-refractivity contribution >= 4 is 0 Å². The number of aliphatic hydroxyl groups excluding tert-OH is 1. The molecule has 4 rings (SSSR count). The van der Waals surface area contributed by atoms with Crippen molar-refractivity contribution in [2.24, 2.45) is 34.5 Å². The Morgan fingerprint density at radius 2 is 1.93 bits per heavy atom. The third kappa shape index (κ3) is 3.38. The largest absolute Gasteiger partial charge is 0.393 e. The zero-order valence-corrected chi connectivity index (χ0v) is 18.5. The first-order valence-electron chi connectivity index (χ1n) is 11.8. The van der Waals surface area contributed by atoms with Gasteiger partial charge in [-0.3, -0.25) is 0 Å². The number of unbranched alkanes of at least 4 members (excludes halogenated alkanes) is 1. The second kappa shape index (κ2) is 7.48. The van der Waals surface area contributed by atoms with E-state index in [1.807, 2.05) is 6.92 Å². The smallest absolute Gasteiger partial charge is 0.126 e. The van der Waals surface area contributed by atoms with Crippen LogP contribution >= 0.6 is 0 Å². The van der Waals surface area contributed by atoms with Gasteiger partial charge in [0.15, 0.2) is 0 Å². The lowest BCUT2D eigenvalue weighted by molar-refractivity contribution is -0.0826. The van der Waals surface area contributed by atoms with Crippen LogP contribution in [0.25, 0.3) is 0 Å². The predicted octanol–water partition coefficient (Wildman–Crippen LogP) is 5.09. The minimum absolute atomic E-state index is 0.140. The first-order chi connectivity index (χ1) is 13.7. The maximum Gasteiger partial charge on any atom is 0.126 e. The molecule has 4 aliphatic carbocycles. The molecule has 0 bridgehead atoms. The fourth-order valence-corrected chi connectivity index (χ4v) is 8.03. The third-order valence-electron chi connectivity index (χ3n) is 9.49. The summed E-state index contributed by atoms with van der Waals surface area (Å²) in [5, 5.41) is 21.5. The second-order valence-electron chi connectivity index (χ2n) is 11.0. The Hall–Kier alpha value is -1.22. The van der Waals surface area contributed by atoms with Gasteiger partial charge in [-0.1, -0.05) is 37.3 Å². The summed E-state index contributed by atoms with van der Waals surface area (Å²) in [4.78, 5) is 0. The van der Waals surface area contributed by atoms with E-state index in [-0.39, 0.29) is 22.9 Å². The molecule has 3 fully saturated rings. The van der Waals surface area contributed by atoms with Crippen molar-refractivity contribution in [1.29, 1.82) is 0 Å². The summed E-state index contributed by atoms with van der Waals surface area (Å²) in [5.74, 6) is 11.3. The molecular weight excluding hydrogens is 356 g/mol. The molecule has 3 saturated carbocycles. The van der Waals surface area contributed by atoms with Crippen molar-refractivity contribution in [2.75, 3.05) is 0 Å². The molecule has 0 saturated heterocycles. The lowest BCUT2D eigenvalue weighted by atomic mass is 9.47. The quantitative estimate of drug-likeness (QED) is 0.389. The van der Waals surface area contributed by atoms with Crippen LogP contribution in [-0.4, -0.2) is 21.9 Å². The number of allylic oxidation sites excluding steroid dienone is 1. The third-order valence-corrected chi connectivity index (χ3v) is 9.49. The Labute approximate surface area is 177 Å². The van der Waals surface area contributed by atoms with Crippen LogP contribution < -0.4 is 0 Å². The summed E-state index contributed by atoms with van der Waals surface area (Å²) in [7, 11) is 0. The van der Waals surface area contributed by atoms with Crippen LogP contribution in [0.5, 0.6) is 0 Å². The topological polar surface area (TPSA) is 40.5 Å². The molecule has 0 radical (unpaired) electrons. The average Bonchev–Trinajstić information content (AvgIpc) is 3.04. The Morgan fingerprint density at radius 1 is 1.14 bits per heavy atom. The van der Waals surface area contributed by atoms with Crippen LogP contribution in [-0.2, 0) is 0 Å². The fourth-order valence-electron chi connectivity index (χ4n) is 8.03. The van der Waals surface area contributed by atoms with Crippen LogP contribution in [0.3, 0.4) is 0 Å². The summed E-state index contributed by atoms with van der Waals surface area (Å²) in [6.45, 7) is 6.85. The molecule has 0 amide bonds. The molecule has 2 heteroatoms. The molecule has 2 nitrogen and oxygen atoms in total. The Kier molecular flexibility index (Phi) is 5.42. The maximum absolute atomic E-state index is 11.3. The highest BCUT2D eigenvalue weighted by Crippen LogP contribution is 2.67. The number of hydrogen-bond acceptors (Lipinski definition) is 2. The summed E-state index contributed by atoms with van der Waals surface area (Å²) in [5.41, 5.74) is 1.04. The van der Waals surface area contributed by atoms with Gasteiger partial charge in [0.1, 0.15) is 5.60 Å². The summed E-state index contributed by atoms with van der Waals surface area (Å²) in [6.07, 6.45) is 17.9. The molecule has 2 N–H and O–H groups in total. The van der Waals surface area contributed by atoms with E-state index in [0.717, 1.165) is 38.0 Å². The number of terminal acetylenes is 1. The lowest BCUT2D eigenvalue weighted by Gasteiger charge is -2.58. The number of hydrogen-bond donors (Lipinski definition) is 2. The first kappa shape index (κ1) is 21.0. The van der Waals surface area contributed by atoms with E-state index < -0.39 is 5.60 Å². The first-order valence-corrected chi connectivity index (χ1v) is 11.8. The van der Waals surface area contributed by atoms with Gasteiger partial charge in [0.25, 0.3) is 0 Å². The Morgan fingerprint density at radius 3 is 2.69 bits per heavy atom. The van der Waals surface area contributed by atoms with Gasteiger partial charge < -0.3 is 10.2 Å². The van der Waals surface area contributed by atoms with Crippen molar-refractivity contribution in [3.63, 3.8) is 0 Å². The maximum atomic E-state index is 11.3. The van der Waals surface area contributed by atoms with E-state index in [1.165, 1.54) is 24.8 Å². The van der Waals surface area contributed by atoms with Gasteiger partial charge in [-0.05, 0) is 86.9 Å². The van der Waals surface area contributed by atoms with E-state index in [2.05, 4.69) is 37.7 Å². The van der Waals surface area contributed by atoms with Gasteiger partial charge in [-0.15, -0.1) is 12.3 Å². The van der Waals surface area contributed by atoms with E-state index in [1.54, 1.807) is 0 Å². The van der Waals surface area contributed by atoms with Gasteiger partial charge >= 0.3 is 0 Å². The zero-order valence-electron chi connectivity index (χ0n) is 18.5. The van der Waals surface area contributed by atoms with Crippen LogP contribution in [0.15, 0.2) is 11.6 Å². The van der Waals surface area contributed by atoms with Gasteiger partial charge in [-0.25, -0.2) is 0 Å². The second-order valence-corrected chi connectivity index (χ2v) is 11.0. The van der Waals surface area contributed by atoms with Crippen molar-refractivity contribution in [3.8, 4) is 24.2 Å². The van der Waals surface area contributed by atoms with Gasteiger partial charge in [0, 0.05) is 18.8 Å². The molecule has 0 aromatic heterocycles. The molecule has 8 atom stereocenters. The Bertz CT molecular complexity index is 775. The Balaban J connectivity index is 1.57. The van der Waals surface area contributed by atoms with Gasteiger partial charge in [0.2, 0.25) is 0 Å². The molecule has 0 aromatic carbocycles. The number of rotatable bonds is 2. The van der Waals surface area contributed by atoms with Crippen LogP contribution in [0.1, 0.15) is 85.0 Å². The molecule has 29 heavy (non-hydrogen) atoms. The minimum atomic E-state index is -0.931. The van der Waals surface area contributed by atoms with Crippen molar-refractivity contribution in [3.05, 3.63) is 11.6 Å². The molecule has 0 aliphatic heterocycles. The van der Waals surface area contributed by atoms with Crippen molar-refractivity contribution < 1.29 is 10.2 Å². The molecular formula is C27H38O2. The molecule has 0 aromatic rings. The van der Waals surface area contributed by atoms with Crippen molar-refractivity contribution in [1.82, 2.24) is 0 Å². The predicted molar refractivity (Wildman–Crippen MR) is 118 cm³/mol. The van der Waals surface area contributed by atoms with Crippen LogP contribution in [0.4, 0.5) is 0 Å². The SMILES string of the molecule is C#CCCC#CC(C)(O)C1CCC2C3CC=C4CC(O)CCC4(C)C3CCC21C. The van der Waals surface area contributed by atoms with Gasteiger partial charge in [0.05, 0.1) is 6.10 Å². The highest BCUT2D eigenvalue weighted by atomic mass is 16.3. The van der Waals surface area contributed by atoms with Crippen LogP contribution in [0, 0.1) is 58.7 Å². The molecule has 8 unspecified atom stereocenters. The minimum Gasteiger partial charge on any atom is -0.393 e. The summed E-state index contributed by atoms with van der Waals surface area (Å²) < 4.78 is 0. The highest BCUT2D eigenvalue weighted by Gasteiger charge is 2.61. The van der Waals surface area contributed by atoms with Gasteiger partial charge in [-0.2, -0.15) is 0 Å². The van der Waals surface area contributed by atoms with Crippen molar-refractivity contribution in [2.45, 2.75) is 96.7 Å². The lowest BCUT2D eigenvalue weighted by Crippen LogP contribution is -2.52. The molecule has 4 aliphatic rings. The number of aliphatic hydroxyl groups is 2. The molecule has 0 heterocycles. The average molecular weight is 395 g/mol.